The zero-order chi connectivity index (χ0) is 18.2. The number of carbonyl (C=O) groups excluding carboxylic acids is 3. The zero-order valence-electron chi connectivity index (χ0n) is 14.3. The van der Waals surface area contributed by atoms with Crippen LogP contribution < -0.4 is 10.6 Å². The van der Waals surface area contributed by atoms with Gasteiger partial charge in [-0.25, -0.2) is 0 Å². The van der Waals surface area contributed by atoms with Crippen molar-refractivity contribution in [3.05, 3.63) is 65.7 Å². The molecular weight excluding hydrogens is 318 g/mol. The van der Waals surface area contributed by atoms with Crippen LogP contribution in [0.5, 0.6) is 0 Å². The van der Waals surface area contributed by atoms with Crippen LogP contribution in [0, 0.1) is 0 Å². The van der Waals surface area contributed by atoms with E-state index in [0.717, 1.165) is 5.56 Å². The highest BCUT2D eigenvalue weighted by atomic mass is 16.2. The first kappa shape index (κ1) is 18.2. The summed E-state index contributed by atoms with van der Waals surface area (Å²) in [6.45, 7) is 1.83. The Morgan fingerprint density at radius 1 is 0.960 bits per heavy atom. The van der Waals surface area contributed by atoms with Crippen LogP contribution in [0.15, 0.2) is 54.6 Å². The molecule has 2 aromatic rings. The number of nitrogens with zero attached hydrogens (tertiary/aromatic N) is 1. The molecule has 0 aliphatic rings. The summed E-state index contributed by atoms with van der Waals surface area (Å²) in [4.78, 5) is 36.7. The molecule has 0 unspecified atom stereocenters. The first-order valence-corrected chi connectivity index (χ1v) is 7.89. The van der Waals surface area contributed by atoms with E-state index in [1.165, 1.54) is 11.8 Å². The minimum atomic E-state index is -0.260. The Bertz CT molecular complexity index is 742. The molecule has 0 atom stereocenters. The fraction of sp³-hybridized carbons (Fsp3) is 0.211. The SMILES string of the molecule is CC(=O)NCc1ccc(C(=O)N(C)CC(=O)Nc2ccccc2)cc1. The Balaban J connectivity index is 1.90. The summed E-state index contributed by atoms with van der Waals surface area (Å²) in [7, 11) is 1.58. The smallest absolute Gasteiger partial charge is 0.254 e. The predicted molar refractivity (Wildman–Crippen MR) is 96.0 cm³/mol. The van der Waals surface area contributed by atoms with Gasteiger partial charge in [-0.15, -0.1) is 0 Å². The van der Waals surface area contributed by atoms with Crippen LogP contribution in [0.3, 0.4) is 0 Å². The molecule has 6 nitrogen and oxygen atoms in total. The lowest BCUT2D eigenvalue weighted by Gasteiger charge is -2.17. The molecule has 6 heteroatoms. The molecule has 0 radical (unpaired) electrons. The minimum Gasteiger partial charge on any atom is -0.352 e. The average Bonchev–Trinajstić information content (AvgIpc) is 2.60. The van der Waals surface area contributed by atoms with Crippen LogP contribution in [0.2, 0.25) is 0 Å². The fourth-order valence-electron chi connectivity index (χ4n) is 2.22. The van der Waals surface area contributed by atoms with Crippen LogP contribution in [0.4, 0.5) is 5.69 Å². The van der Waals surface area contributed by atoms with Crippen LogP contribution in [-0.2, 0) is 16.1 Å². The predicted octanol–water partition coefficient (Wildman–Crippen LogP) is 2.03. The molecule has 0 bridgehead atoms. The van der Waals surface area contributed by atoms with Gasteiger partial charge in [0.25, 0.3) is 5.91 Å². The van der Waals surface area contributed by atoms with Gasteiger partial charge in [0.1, 0.15) is 0 Å². The zero-order valence-corrected chi connectivity index (χ0v) is 14.3. The van der Waals surface area contributed by atoms with Gasteiger partial charge >= 0.3 is 0 Å². The maximum atomic E-state index is 12.4. The Kier molecular flexibility index (Phi) is 6.28. The van der Waals surface area contributed by atoms with Crippen molar-refractivity contribution in [2.75, 3.05) is 18.9 Å². The third-order valence-corrected chi connectivity index (χ3v) is 3.53. The third-order valence-electron chi connectivity index (χ3n) is 3.53. The van der Waals surface area contributed by atoms with E-state index in [1.807, 2.05) is 18.2 Å². The highest BCUT2D eigenvalue weighted by Crippen LogP contribution is 2.08. The minimum absolute atomic E-state index is 0.0403. The lowest BCUT2D eigenvalue weighted by molar-refractivity contribution is -0.119. The van der Waals surface area contributed by atoms with E-state index in [9.17, 15) is 14.4 Å². The highest BCUT2D eigenvalue weighted by molar-refractivity contribution is 5.99. The number of benzene rings is 2. The molecule has 130 valence electrons. The highest BCUT2D eigenvalue weighted by Gasteiger charge is 2.15. The van der Waals surface area contributed by atoms with E-state index < -0.39 is 0 Å². The molecule has 25 heavy (non-hydrogen) atoms. The summed E-state index contributed by atoms with van der Waals surface area (Å²) < 4.78 is 0. The lowest BCUT2D eigenvalue weighted by Crippen LogP contribution is -2.34. The van der Waals surface area contributed by atoms with Gasteiger partial charge in [-0.05, 0) is 29.8 Å². The number of rotatable bonds is 6. The number of para-hydroxylation sites is 1. The van der Waals surface area contributed by atoms with Crippen molar-refractivity contribution in [1.29, 1.82) is 0 Å². The number of hydrogen-bond donors (Lipinski definition) is 2. The first-order chi connectivity index (χ1) is 12.0. The van der Waals surface area contributed by atoms with Crippen LogP contribution in [0.25, 0.3) is 0 Å². The van der Waals surface area contributed by atoms with Gasteiger partial charge in [-0.3, -0.25) is 14.4 Å². The molecule has 2 rings (SSSR count). The molecule has 0 heterocycles. The van der Waals surface area contributed by atoms with Crippen LogP contribution >= 0.6 is 0 Å². The van der Waals surface area contributed by atoms with E-state index in [-0.39, 0.29) is 24.3 Å². The molecule has 0 aliphatic heterocycles. The molecule has 0 saturated heterocycles. The molecule has 0 aromatic heterocycles. The van der Waals surface area contributed by atoms with Crippen molar-refractivity contribution in [2.24, 2.45) is 0 Å². The van der Waals surface area contributed by atoms with E-state index in [4.69, 9.17) is 0 Å². The van der Waals surface area contributed by atoms with Gasteiger partial charge in [-0.2, -0.15) is 0 Å². The van der Waals surface area contributed by atoms with Crippen molar-refractivity contribution in [3.63, 3.8) is 0 Å². The Morgan fingerprint density at radius 3 is 2.20 bits per heavy atom. The summed E-state index contributed by atoms with van der Waals surface area (Å²) >= 11 is 0. The molecule has 0 fully saturated rings. The second kappa shape index (κ2) is 8.63. The lowest BCUT2D eigenvalue weighted by atomic mass is 10.1. The quantitative estimate of drug-likeness (QED) is 0.845. The van der Waals surface area contributed by atoms with Gasteiger partial charge in [0.2, 0.25) is 11.8 Å². The average molecular weight is 339 g/mol. The van der Waals surface area contributed by atoms with Crippen molar-refractivity contribution < 1.29 is 14.4 Å². The molecular formula is C19H21N3O3. The number of anilines is 1. The summed E-state index contributed by atoms with van der Waals surface area (Å²) in [5.41, 5.74) is 2.08. The summed E-state index contributed by atoms with van der Waals surface area (Å²) in [6.07, 6.45) is 0. The van der Waals surface area contributed by atoms with Crippen molar-refractivity contribution >= 4 is 23.4 Å². The van der Waals surface area contributed by atoms with Gasteiger partial charge < -0.3 is 15.5 Å². The van der Waals surface area contributed by atoms with Gasteiger partial charge in [-0.1, -0.05) is 30.3 Å². The molecule has 0 spiro atoms. The monoisotopic (exact) mass is 339 g/mol. The van der Waals surface area contributed by atoms with E-state index >= 15 is 0 Å². The first-order valence-electron chi connectivity index (χ1n) is 7.89. The summed E-state index contributed by atoms with van der Waals surface area (Å²) in [5, 5.41) is 5.44. The van der Waals surface area contributed by atoms with E-state index in [1.54, 1.807) is 43.4 Å². The van der Waals surface area contributed by atoms with Gasteiger partial charge in [0.15, 0.2) is 0 Å². The second-order valence-electron chi connectivity index (χ2n) is 5.68. The molecule has 2 N–H and O–H groups in total. The number of likely N-dealkylation sites (N-methyl/N-ethyl adjacent to an activating group) is 1. The Hall–Kier alpha value is -3.15. The maximum Gasteiger partial charge on any atom is 0.254 e. The second-order valence-corrected chi connectivity index (χ2v) is 5.68. The Morgan fingerprint density at radius 2 is 1.60 bits per heavy atom. The summed E-state index contributed by atoms with van der Waals surface area (Å²) in [5.74, 6) is -0.608. The van der Waals surface area contributed by atoms with Crippen molar-refractivity contribution in [1.82, 2.24) is 10.2 Å². The van der Waals surface area contributed by atoms with Crippen LogP contribution in [0.1, 0.15) is 22.8 Å². The largest absolute Gasteiger partial charge is 0.352 e. The number of carbonyl (C=O) groups is 3. The standard InChI is InChI=1S/C19H21N3O3/c1-14(23)20-12-15-8-10-16(11-9-15)19(25)22(2)13-18(24)21-17-6-4-3-5-7-17/h3-11H,12-13H2,1-2H3,(H,20,23)(H,21,24). The maximum absolute atomic E-state index is 12.4. The topological polar surface area (TPSA) is 78.5 Å². The van der Waals surface area contributed by atoms with Crippen LogP contribution in [-0.4, -0.2) is 36.2 Å². The van der Waals surface area contributed by atoms with Crippen molar-refractivity contribution in [2.45, 2.75) is 13.5 Å². The van der Waals surface area contributed by atoms with Gasteiger partial charge in [0.05, 0.1) is 6.54 Å². The third kappa shape index (κ3) is 5.76. The molecule has 0 saturated carbocycles. The number of hydrogen-bond acceptors (Lipinski definition) is 3. The molecule has 3 amide bonds. The Labute approximate surface area is 146 Å². The fourth-order valence-corrected chi connectivity index (χ4v) is 2.22. The molecule has 0 aliphatic carbocycles. The van der Waals surface area contributed by atoms with Gasteiger partial charge in [0, 0.05) is 31.8 Å². The normalized spacial score (nSPS) is 10.0. The van der Waals surface area contributed by atoms with E-state index in [0.29, 0.717) is 17.8 Å². The van der Waals surface area contributed by atoms with E-state index in [2.05, 4.69) is 10.6 Å². The number of amides is 3. The summed E-state index contributed by atoms with van der Waals surface area (Å²) in [6, 6.07) is 16.0. The van der Waals surface area contributed by atoms with Crippen molar-refractivity contribution in [3.8, 4) is 0 Å². The molecule has 2 aromatic carbocycles. The number of nitrogens with one attached hydrogen (secondary N) is 2.